The number of hydrogen-bond acceptors (Lipinski definition) is 17. The molecule has 4 saturated heterocycles. The van der Waals surface area contributed by atoms with E-state index < -0.39 is 82.0 Å². The molecule has 0 amide bonds. The van der Waals surface area contributed by atoms with Gasteiger partial charge in [0.1, 0.15) is 12.2 Å². The fraction of sp³-hybridized carbons (Fsp3) is 0.945. The lowest BCUT2D eigenvalue weighted by molar-refractivity contribution is -0.139. The van der Waals surface area contributed by atoms with Gasteiger partial charge in [0, 0.05) is 39.1 Å². The Kier molecular flexibility index (Phi) is 35.2. The highest BCUT2D eigenvalue weighted by Gasteiger charge is 2.47. The van der Waals surface area contributed by atoms with E-state index in [0.29, 0.717) is 60.6 Å². The zero-order chi connectivity index (χ0) is 60.4. The number of fused-ring (bicyclic) bond motifs is 2. The van der Waals surface area contributed by atoms with E-state index in [1.165, 1.54) is 63.1 Å². The highest BCUT2D eigenvalue weighted by Crippen LogP contribution is 2.43. The second kappa shape index (κ2) is 35.8. The average molecular weight is 1330 g/mol. The summed E-state index contributed by atoms with van der Waals surface area (Å²) in [4.78, 5) is 32.5. The first-order valence-electron chi connectivity index (χ1n) is 30.3. The Labute approximate surface area is 509 Å². The van der Waals surface area contributed by atoms with Crippen molar-refractivity contribution in [2.75, 3.05) is 60.5 Å². The zero-order valence-corrected chi connectivity index (χ0v) is 63.6. The Morgan fingerprint density at radius 3 is 1.29 bits per heavy atom. The van der Waals surface area contributed by atoms with Gasteiger partial charge in [0.2, 0.25) is 0 Å². The molecule has 6 fully saturated rings. The molecule has 4 aliphatic heterocycles. The van der Waals surface area contributed by atoms with Crippen molar-refractivity contribution in [2.24, 2.45) is 11.8 Å². The van der Waals surface area contributed by atoms with E-state index in [9.17, 15) is 14.4 Å². The summed E-state index contributed by atoms with van der Waals surface area (Å²) >= 11 is 0. The highest BCUT2D eigenvalue weighted by molar-refractivity contribution is 6.86. The van der Waals surface area contributed by atoms with Gasteiger partial charge < -0.3 is 77.7 Å². The molecule has 2 aliphatic carbocycles. The van der Waals surface area contributed by atoms with Gasteiger partial charge in [0.15, 0.2) is 41.6 Å². The van der Waals surface area contributed by atoms with Gasteiger partial charge in [-0.3, -0.25) is 0 Å². The van der Waals surface area contributed by atoms with Crippen LogP contribution in [0, 0.1) is 11.8 Å². The van der Waals surface area contributed by atoms with Crippen molar-refractivity contribution in [1.29, 1.82) is 0 Å². The Morgan fingerprint density at radius 2 is 0.915 bits per heavy atom. The number of rotatable bonds is 35. The van der Waals surface area contributed by atoms with Crippen LogP contribution >= 0.6 is 0 Å². The molecule has 9 atom stereocenters. The lowest BCUT2D eigenvalue weighted by Gasteiger charge is -2.35. The van der Waals surface area contributed by atoms with Gasteiger partial charge in [-0.15, -0.1) is 0 Å². The smallest absolute Gasteiger partial charge is 0.462 e. The van der Waals surface area contributed by atoms with E-state index in [1.54, 1.807) is 21.1 Å². The van der Waals surface area contributed by atoms with Crippen LogP contribution < -0.4 is 0 Å². The first-order valence-corrected chi connectivity index (χ1v) is 56.6. The van der Waals surface area contributed by atoms with E-state index in [-0.39, 0.29) is 19.5 Å². The monoisotopic (exact) mass is 1320 g/mol. The first-order chi connectivity index (χ1) is 36.7. The predicted molar refractivity (Wildman–Crippen MR) is 352 cm³/mol. The minimum Gasteiger partial charge on any atom is -0.462 e. The summed E-state index contributed by atoms with van der Waals surface area (Å²) in [7, 11) is -14.8. The lowest BCUT2D eigenvalue weighted by atomic mass is 9.88. The maximum atomic E-state index is 11.3. The van der Waals surface area contributed by atoms with Crippen molar-refractivity contribution < 1.29 is 82.4 Å². The van der Waals surface area contributed by atoms with E-state index in [0.717, 1.165) is 70.9 Å². The predicted octanol–water partition coefficient (Wildman–Crippen LogP) is 11.9. The molecule has 0 aromatic rings. The van der Waals surface area contributed by atoms with Crippen molar-refractivity contribution in [3.05, 3.63) is 12.2 Å². The van der Waals surface area contributed by atoms with Gasteiger partial charge in [0.25, 0.3) is 0 Å². The van der Waals surface area contributed by atoms with Gasteiger partial charge in [-0.1, -0.05) is 20.4 Å². The fourth-order valence-corrected chi connectivity index (χ4v) is 41.9. The number of hydrogen-bond donors (Lipinski definition) is 2. The van der Waals surface area contributed by atoms with Crippen LogP contribution in [0.25, 0.3) is 0 Å². The summed E-state index contributed by atoms with van der Waals surface area (Å²) in [6.45, 7) is 46.6. The zero-order valence-electron chi connectivity index (χ0n) is 54.6. The first kappa shape index (κ1) is 80.5. The molecular weight excluding hydrogens is 1200 g/mol. The molecule has 18 nitrogen and oxygen atoms in total. The molecule has 9 unspecified atom stereocenters. The van der Waals surface area contributed by atoms with E-state index >= 15 is 0 Å². The normalized spacial score (nSPS) is 24.8. The van der Waals surface area contributed by atoms with Crippen molar-refractivity contribution >= 4 is 82.0 Å². The highest BCUT2D eigenvalue weighted by atomic mass is 28.5. The molecule has 27 heteroatoms. The summed E-state index contributed by atoms with van der Waals surface area (Å²) in [5.41, 5.74) is 0.374. The standard InChI is InChI=1S/C16H34O5Si2.C13H30O5Si3.C13H28O3Si2.C12H26O4Si2.CH4.H2O/c1-22(2,9-5-7-17-11-15-13-19-15)21-23(3,4)10-6-8-18-12-16-14-20-16;1-12(2)13(14)16-10-9-11-21(15,17-19(3,4)5)18-20(6,7)8;1-14-18(4,5)16-17(2,3)9-8-11-6-7-12-13(10-11)15-12;1-14-17(2,3)16-18(4,13)8-7-10-5-6-11-12(9-10)15-11;;/h15-16H,5-14H2,1-4H3;15H,1,9-11H2,2-8H3;11-13H,6-10H2,1-5H3;10-13H,5-9H2,1-4H3;1H4;1H2. The summed E-state index contributed by atoms with van der Waals surface area (Å²) in [6, 6.07) is 4.82. The number of esters is 1. The minimum absolute atomic E-state index is 0. The van der Waals surface area contributed by atoms with E-state index in [1.807, 2.05) is 58.9 Å². The van der Waals surface area contributed by atoms with Crippen LogP contribution in [0.5, 0.6) is 0 Å². The molecular formula is C55H124O18Si9. The molecule has 4 heterocycles. The van der Waals surface area contributed by atoms with Crippen molar-refractivity contribution in [2.45, 2.75) is 263 Å². The second-order valence-corrected chi connectivity index (χ2v) is 64.0. The molecule has 0 aromatic carbocycles. The molecule has 0 spiro atoms. The third-order valence-corrected chi connectivity index (χ3v) is 43.2. The summed E-state index contributed by atoms with van der Waals surface area (Å²) < 4.78 is 79.3. The second-order valence-electron chi connectivity index (χ2n) is 28.3. The Bertz CT molecular complexity index is 1710. The maximum absolute atomic E-state index is 11.3. The molecule has 82 heavy (non-hydrogen) atoms. The molecule has 6 aliphatic rings. The summed E-state index contributed by atoms with van der Waals surface area (Å²) in [6.07, 6.45) is 15.8. The van der Waals surface area contributed by atoms with Crippen LogP contribution in [-0.4, -0.2) is 194 Å². The molecule has 0 bridgehead atoms. The maximum Gasteiger partial charge on any atom is 0.477 e. The van der Waals surface area contributed by atoms with Crippen LogP contribution in [0.15, 0.2) is 12.2 Å². The Morgan fingerprint density at radius 1 is 0.524 bits per heavy atom. The number of carbonyl (C=O) groups is 1. The van der Waals surface area contributed by atoms with Crippen LogP contribution in [-0.2, 0) is 67.4 Å². The fourth-order valence-electron chi connectivity index (χ4n) is 10.4. The molecule has 2 saturated carbocycles. The van der Waals surface area contributed by atoms with Gasteiger partial charge in [-0.05, 0) is 218 Å². The quantitative estimate of drug-likeness (QED) is 0.0197. The van der Waals surface area contributed by atoms with Crippen molar-refractivity contribution in [3.8, 4) is 0 Å². The van der Waals surface area contributed by atoms with Crippen molar-refractivity contribution in [3.63, 3.8) is 0 Å². The van der Waals surface area contributed by atoms with Crippen molar-refractivity contribution in [1.82, 2.24) is 0 Å². The topological polar surface area (TPSA) is 231 Å². The summed E-state index contributed by atoms with van der Waals surface area (Å²) in [5.74, 6) is 1.18. The number of ether oxygens (including phenoxy) is 7. The Hall–Kier alpha value is 0.522. The SMILES string of the molecule is C.C=C(C)C(=O)OCCC[Si](O)(O[Si](C)(C)C)O[Si](C)(C)C.CO[Si](C)(C)O[Si](C)(C)CCC1CCC2OC2C1.CO[Si](C)(C)O[Si](C)(O)CCC1CCC2OC2C1.C[Si](C)(CCCOCC1CO1)O[Si](C)(C)CCCOCC1CO1.O. The summed E-state index contributed by atoms with van der Waals surface area (Å²) in [5, 5.41) is 0. The third-order valence-electron chi connectivity index (χ3n) is 14.6. The van der Waals surface area contributed by atoms with Crippen LogP contribution in [0.3, 0.4) is 0 Å². The minimum atomic E-state index is -3.21. The van der Waals surface area contributed by atoms with E-state index in [2.05, 4.69) is 59.0 Å². The van der Waals surface area contributed by atoms with Gasteiger partial charge >= 0.3 is 40.5 Å². The lowest BCUT2D eigenvalue weighted by Crippen LogP contribution is -2.55. The Balaban J connectivity index is 0.000000545. The number of epoxide rings is 4. The van der Waals surface area contributed by atoms with Crippen LogP contribution in [0.2, 0.25) is 142 Å². The largest absolute Gasteiger partial charge is 0.477 e. The molecule has 0 aromatic heterocycles. The van der Waals surface area contributed by atoms with Crippen LogP contribution in [0.1, 0.15) is 85.0 Å². The third kappa shape index (κ3) is 38.8. The molecule has 488 valence electrons. The number of carbonyl (C=O) groups excluding carboxylic acids is 1. The van der Waals surface area contributed by atoms with E-state index in [4.69, 9.17) is 62.6 Å². The van der Waals surface area contributed by atoms with Crippen LogP contribution in [0.4, 0.5) is 0 Å². The molecule has 6 rings (SSSR count). The molecule has 4 N–H and O–H groups in total. The van der Waals surface area contributed by atoms with Gasteiger partial charge in [-0.25, -0.2) is 4.79 Å². The average Bonchev–Trinajstić information content (AvgIpc) is 4.08. The van der Waals surface area contributed by atoms with Gasteiger partial charge in [-0.2, -0.15) is 0 Å². The van der Waals surface area contributed by atoms with Gasteiger partial charge in [0.05, 0.1) is 57.5 Å². The molecule has 0 radical (unpaired) electrons.